The molecule has 0 N–H and O–H groups in total. The van der Waals surface area contributed by atoms with Crippen LogP contribution in [0.15, 0.2) is 29.4 Å². The van der Waals surface area contributed by atoms with E-state index in [0.717, 1.165) is 21.8 Å². The van der Waals surface area contributed by atoms with E-state index in [4.69, 9.17) is 11.6 Å². The number of thioether (sulfide) groups is 1. The highest BCUT2D eigenvalue weighted by atomic mass is 35.5. The van der Waals surface area contributed by atoms with Crippen molar-refractivity contribution in [1.29, 1.82) is 0 Å². The number of benzene rings is 1. The van der Waals surface area contributed by atoms with Gasteiger partial charge in [-0.25, -0.2) is 0 Å². The maximum Gasteiger partial charge on any atom is 0.191 e. The van der Waals surface area contributed by atoms with Crippen molar-refractivity contribution in [2.75, 3.05) is 0 Å². The van der Waals surface area contributed by atoms with Crippen molar-refractivity contribution in [2.45, 2.75) is 37.7 Å². The molecule has 0 amide bonds. The Bertz CT molecular complexity index is 537. The zero-order chi connectivity index (χ0) is 13.1. The monoisotopic (exact) mass is 281 g/mol. The molecule has 0 saturated heterocycles. The molecule has 0 aliphatic heterocycles. The van der Waals surface area contributed by atoms with E-state index in [1.807, 2.05) is 25.1 Å². The quantitative estimate of drug-likeness (QED) is 0.790. The van der Waals surface area contributed by atoms with E-state index in [1.54, 1.807) is 11.8 Å². The summed E-state index contributed by atoms with van der Waals surface area (Å²) in [5.41, 5.74) is 1.20. The SMILES string of the molecule is Cc1nnc(SCc2cccc(Cl)c2)n1C(C)C. The van der Waals surface area contributed by atoms with E-state index in [0.29, 0.717) is 6.04 Å². The van der Waals surface area contributed by atoms with E-state index < -0.39 is 0 Å². The number of halogens is 1. The topological polar surface area (TPSA) is 30.7 Å². The Morgan fingerprint density at radius 1 is 1.33 bits per heavy atom. The first-order valence-electron chi connectivity index (χ1n) is 5.86. The van der Waals surface area contributed by atoms with Gasteiger partial charge in [0.1, 0.15) is 5.82 Å². The van der Waals surface area contributed by atoms with Crippen molar-refractivity contribution in [3.8, 4) is 0 Å². The van der Waals surface area contributed by atoms with E-state index in [9.17, 15) is 0 Å². The molecule has 0 radical (unpaired) electrons. The van der Waals surface area contributed by atoms with Crippen LogP contribution in [-0.2, 0) is 5.75 Å². The Labute approximate surface area is 117 Å². The van der Waals surface area contributed by atoms with Crippen LogP contribution in [0, 0.1) is 6.92 Å². The van der Waals surface area contributed by atoms with Crippen LogP contribution in [0.2, 0.25) is 5.02 Å². The van der Waals surface area contributed by atoms with Gasteiger partial charge in [0.25, 0.3) is 0 Å². The molecule has 18 heavy (non-hydrogen) atoms. The van der Waals surface area contributed by atoms with E-state index in [-0.39, 0.29) is 0 Å². The molecule has 5 heteroatoms. The van der Waals surface area contributed by atoms with Crippen molar-refractivity contribution in [1.82, 2.24) is 14.8 Å². The predicted octanol–water partition coefficient (Wildman–Crippen LogP) is 4.11. The molecule has 1 aromatic heterocycles. The number of hydrogen-bond acceptors (Lipinski definition) is 3. The summed E-state index contributed by atoms with van der Waals surface area (Å²) in [5, 5.41) is 10.1. The summed E-state index contributed by atoms with van der Waals surface area (Å²) < 4.78 is 2.15. The first-order valence-corrected chi connectivity index (χ1v) is 7.23. The molecule has 0 fully saturated rings. The van der Waals surface area contributed by atoms with Crippen molar-refractivity contribution >= 4 is 23.4 Å². The number of aromatic nitrogens is 3. The molecule has 0 spiro atoms. The van der Waals surface area contributed by atoms with Gasteiger partial charge < -0.3 is 4.57 Å². The van der Waals surface area contributed by atoms with Crippen LogP contribution in [0.1, 0.15) is 31.3 Å². The Morgan fingerprint density at radius 2 is 2.11 bits per heavy atom. The van der Waals surface area contributed by atoms with Crippen LogP contribution < -0.4 is 0 Å². The largest absolute Gasteiger partial charge is 0.304 e. The molecule has 1 aromatic carbocycles. The lowest BCUT2D eigenvalue weighted by atomic mass is 10.2. The van der Waals surface area contributed by atoms with Gasteiger partial charge in [0.15, 0.2) is 5.16 Å². The van der Waals surface area contributed by atoms with Gasteiger partial charge in [-0.3, -0.25) is 0 Å². The van der Waals surface area contributed by atoms with Crippen LogP contribution in [0.25, 0.3) is 0 Å². The lowest BCUT2D eigenvalue weighted by Gasteiger charge is -2.11. The summed E-state index contributed by atoms with van der Waals surface area (Å²) in [6.07, 6.45) is 0. The average molecular weight is 282 g/mol. The highest BCUT2D eigenvalue weighted by Gasteiger charge is 2.12. The molecule has 3 nitrogen and oxygen atoms in total. The van der Waals surface area contributed by atoms with Gasteiger partial charge in [-0.05, 0) is 38.5 Å². The van der Waals surface area contributed by atoms with Gasteiger partial charge in [0.2, 0.25) is 0 Å². The third-order valence-corrected chi connectivity index (χ3v) is 3.86. The van der Waals surface area contributed by atoms with Crippen molar-refractivity contribution in [3.05, 3.63) is 40.7 Å². The fourth-order valence-electron chi connectivity index (χ4n) is 1.82. The standard InChI is InChI=1S/C13H16ClN3S/c1-9(2)17-10(3)15-16-13(17)18-8-11-5-4-6-12(14)7-11/h4-7,9H,8H2,1-3H3. The Balaban J connectivity index is 2.11. The Hall–Kier alpha value is -1.00. The predicted molar refractivity (Wildman–Crippen MR) is 76.2 cm³/mol. The maximum atomic E-state index is 5.97. The molecule has 0 aliphatic carbocycles. The second-order valence-corrected chi connectivity index (χ2v) is 5.79. The third kappa shape index (κ3) is 3.06. The lowest BCUT2D eigenvalue weighted by molar-refractivity contribution is 0.536. The molecule has 1 heterocycles. The summed E-state index contributed by atoms with van der Waals surface area (Å²) in [4.78, 5) is 0. The normalized spacial score (nSPS) is 11.2. The zero-order valence-electron chi connectivity index (χ0n) is 10.7. The van der Waals surface area contributed by atoms with Crippen molar-refractivity contribution < 1.29 is 0 Å². The minimum absolute atomic E-state index is 0.377. The molecule has 0 unspecified atom stereocenters. The van der Waals surface area contributed by atoms with E-state index in [1.165, 1.54) is 5.56 Å². The minimum Gasteiger partial charge on any atom is -0.304 e. The molecular weight excluding hydrogens is 266 g/mol. The highest BCUT2D eigenvalue weighted by Crippen LogP contribution is 2.25. The van der Waals surface area contributed by atoms with Gasteiger partial charge in [0, 0.05) is 16.8 Å². The third-order valence-electron chi connectivity index (χ3n) is 2.61. The molecule has 0 saturated carbocycles. The van der Waals surface area contributed by atoms with Gasteiger partial charge in [0.05, 0.1) is 0 Å². The summed E-state index contributed by atoms with van der Waals surface area (Å²) in [5.74, 6) is 1.81. The molecule has 2 aromatic rings. The molecule has 0 atom stereocenters. The first kappa shape index (κ1) is 13.4. The number of hydrogen-bond donors (Lipinski definition) is 0. The number of nitrogens with zero attached hydrogens (tertiary/aromatic N) is 3. The van der Waals surface area contributed by atoms with Gasteiger partial charge in [-0.1, -0.05) is 35.5 Å². The molecule has 2 rings (SSSR count). The Morgan fingerprint density at radius 3 is 2.78 bits per heavy atom. The first-order chi connectivity index (χ1) is 8.58. The summed E-state index contributed by atoms with van der Waals surface area (Å²) in [6.45, 7) is 6.26. The van der Waals surface area contributed by atoms with Crippen LogP contribution in [0.3, 0.4) is 0 Å². The molecule has 0 aliphatic rings. The second kappa shape index (κ2) is 5.76. The van der Waals surface area contributed by atoms with Crippen molar-refractivity contribution in [2.24, 2.45) is 0 Å². The van der Waals surface area contributed by atoms with E-state index in [2.05, 4.69) is 34.7 Å². The van der Waals surface area contributed by atoms with E-state index >= 15 is 0 Å². The van der Waals surface area contributed by atoms with Crippen LogP contribution in [0.5, 0.6) is 0 Å². The highest BCUT2D eigenvalue weighted by molar-refractivity contribution is 7.98. The van der Waals surface area contributed by atoms with Gasteiger partial charge in [-0.15, -0.1) is 10.2 Å². The minimum atomic E-state index is 0.377. The van der Waals surface area contributed by atoms with Crippen LogP contribution in [0.4, 0.5) is 0 Å². The fourth-order valence-corrected chi connectivity index (χ4v) is 3.09. The number of aryl methyl sites for hydroxylation is 1. The number of rotatable bonds is 4. The Kier molecular flexibility index (Phi) is 4.30. The summed E-state index contributed by atoms with van der Waals surface area (Å²) >= 11 is 7.66. The van der Waals surface area contributed by atoms with Crippen molar-refractivity contribution in [3.63, 3.8) is 0 Å². The lowest BCUT2D eigenvalue weighted by Crippen LogP contribution is -2.04. The van der Waals surface area contributed by atoms with Gasteiger partial charge >= 0.3 is 0 Å². The smallest absolute Gasteiger partial charge is 0.191 e. The summed E-state index contributed by atoms with van der Waals surface area (Å²) in [7, 11) is 0. The molecule has 96 valence electrons. The fraction of sp³-hybridized carbons (Fsp3) is 0.385. The van der Waals surface area contributed by atoms with Crippen LogP contribution in [-0.4, -0.2) is 14.8 Å². The van der Waals surface area contributed by atoms with Crippen LogP contribution >= 0.6 is 23.4 Å². The maximum absolute atomic E-state index is 5.97. The second-order valence-electron chi connectivity index (χ2n) is 4.41. The molecular formula is C13H16ClN3S. The zero-order valence-corrected chi connectivity index (χ0v) is 12.3. The average Bonchev–Trinajstić information content (AvgIpc) is 2.68. The molecule has 0 bridgehead atoms. The van der Waals surface area contributed by atoms with Gasteiger partial charge in [-0.2, -0.15) is 0 Å². The summed E-state index contributed by atoms with van der Waals surface area (Å²) in [6, 6.07) is 8.29.